The Bertz CT molecular complexity index is 422. The van der Waals surface area contributed by atoms with Crippen molar-refractivity contribution in [2.45, 2.75) is 6.92 Å². The lowest BCUT2D eigenvalue weighted by molar-refractivity contribution is 1.27. The Balaban J connectivity index is 2.59. The average Bonchev–Trinajstić information content (AvgIpc) is 2.52. The molecule has 2 aromatic rings. The van der Waals surface area contributed by atoms with Crippen molar-refractivity contribution in [3.05, 3.63) is 29.5 Å². The van der Waals surface area contributed by atoms with Crippen LogP contribution >= 0.6 is 11.3 Å². The van der Waals surface area contributed by atoms with E-state index < -0.39 is 0 Å². The number of hydrogen-bond donors (Lipinski definition) is 1. The van der Waals surface area contributed by atoms with Crippen LogP contribution in [0.1, 0.15) is 5.56 Å². The molecule has 0 saturated carbocycles. The fourth-order valence-electron chi connectivity index (χ4n) is 1.17. The molecule has 0 unspecified atom stereocenters. The summed E-state index contributed by atoms with van der Waals surface area (Å²) in [5, 5.41) is 0.746. The Hall–Kier alpha value is -1.42. The van der Waals surface area contributed by atoms with Crippen molar-refractivity contribution >= 4 is 16.3 Å². The maximum Gasteiger partial charge on any atom is 0.114 e. The molecule has 0 bridgehead atoms. The first kappa shape index (κ1) is 8.19. The molecule has 2 heterocycles. The monoisotopic (exact) mass is 191 g/mol. The minimum absolute atomic E-state index is 0.746. The molecule has 0 aliphatic rings. The van der Waals surface area contributed by atoms with Crippen molar-refractivity contribution in [2.75, 3.05) is 5.73 Å². The summed E-state index contributed by atoms with van der Waals surface area (Å²) in [5.41, 5.74) is 10.5. The van der Waals surface area contributed by atoms with Gasteiger partial charge in [-0.25, -0.2) is 4.98 Å². The number of aromatic nitrogens is 2. The van der Waals surface area contributed by atoms with Crippen molar-refractivity contribution < 1.29 is 0 Å². The van der Waals surface area contributed by atoms with Crippen molar-refractivity contribution in [1.82, 2.24) is 9.97 Å². The zero-order chi connectivity index (χ0) is 9.26. The average molecular weight is 191 g/mol. The normalized spacial score (nSPS) is 10.2. The first-order valence-electron chi connectivity index (χ1n) is 3.89. The van der Waals surface area contributed by atoms with Gasteiger partial charge in [0.15, 0.2) is 0 Å². The third-order valence-corrected chi connectivity index (χ3v) is 2.55. The van der Waals surface area contributed by atoms with Gasteiger partial charge in [0.25, 0.3) is 0 Å². The Morgan fingerprint density at radius 2 is 2.31 bits per heavy atom. The van der Waals surface area contributed by atoms with Crippen molar-refractivity contribution in [1.29, 1.82) is 0 Å². The summed E-state index contributed by atoms with van der Waals surface area (Å²) in [6.45, 7) is 2.02. The SMILES string of the molecule is Cc1ccncc1-c1ncsc1N. The number of pyridine rings is 1. The first-order valence-corrected chi connectivity index (χ1v) is 4.77. The smallest absolute Gasteiger partial charge is 0.114 e. The molecule has 0 atom stereocenters. The molecule has 13 heavy (non-hydrogen) atoms. The lowest BCUT2D eigenvalue weighted by atomic mass is 10.1. The van der Waals surface area contributed by atoms with E-state index >= 15 is 0 Å². The van der Waals surface area contributed by atoms with E-state index in [0.29, 0.717) is 0 Å². The molecule has 2 aromatic heterocycles. The third-order valence-electron chi connectivity index (χ3n) is 1.89. The number of nitrogens with zero attached hydrogens (tertiary/aromatic N) is 2. The quantitative estimate of drug-likeness (QED) is 0.751. The van der Waals surface area contributed by atoms with E-state index in [9.17, 15) is 0 Å². The van der Waals surface area contributed by atoms with Crippen molar-refractivity contribution in [3.8, 4) is 11.3 Å². The van der Waals surface area contributed by atoms with Gasteiger partial charge in [0, 0.05) is 18.0 Å². The number of nitrogen functional groups attached to an aromatic ring is 1. The van der Waals surface area contributed by atoms with Crippen LogP contribution in [0.15, 0.2) is 24.0 Å². The minimum Gasteiger partial charge on any atom is -0.389 e. The Kier molecular flexibility index (Phi) is 1.98. The summed E-state index contributed by atoms with van der Waals surface area (Å²) in [6, 6.07) is 1.95. The molecule has 0 spiro atoms. The third kappa shape index (κ3) is 1.40. The van der Waals surface area contributed by atoms with E-state index in [4.69, 9.17) is 5.73 Å². The number of nitrogens with two attached hydrogens (primary N) is 1. The van der Waals surface area contributed by atoms with Crippen LogP contribution in [0.4, 0.5) is 5.00 Å². The number of anilines is 1. The molecule has 3 nitrogen and oxygen atoms in total. The fraction of sp³-hybridized carbons (Fsp3) is 0.111. The first-order chi connectivity index (χ1) is 6.29. The van der Waals surface area contributed by atoms with E-state index in [0.717, 1.165) is 21.8 Å². The van der Waals surface area contributed by atoms with Gasteiger partial charge in [0.2, 0.25) is 0 Å². The van der Waals surface area contributed by atoms with Crippen LogP contribution in [0.5, 0.6) is 0 Å². The van der Waals surface area contributed by atoms with Crippen LogP contribution in [0.25, 0.3) is 11.3 Å². The Labute approximate surface area is 80.3 Å². The Morgan fingerprint density at radius 1 is 1.46 bits per heavy atom. The van der Waals surface area contributed by atoms with E-state index in [1.54, 1.807) is 17.9 Å². The molecule has 66 valence electrons. The van der Waals surface area contributed by atoms with Crippen LogP contribution in [-0.2, 0) is 0 Å². The van der Waals surface area contributed by atoms with Gasteiger partial charge in [-0.3, -0.25) is 4.98 Å². The topological polar surface area (TPSA) is 51.8 Å². The molecule has 0 aliphatic carbocycles. The molecule has 0 saturated heterocycles. The molecular weight excluding hydrogens is 182 g/mol. The van der Waals surface area contributed by atoms with Crippen LogP contribution < -0.4 is 5.73 Å². The van der Waals surface area contributed by atoms with Gasteiger partial charge < -0.3 is 5.73 Å². The largest absolute Gasteiger partial charge is 0.389 e. The summed E-state index contributed by atoms with van der Waals surface area (Å²) < 4.78 is 0. The Morgan fingerprint density at radius 3 is 2.92 bits per heavy atom. The van der Waals surface area contributed by atoms with Gasteiger partial charge in [-0.05, 0) is 18.6 Å². The highest BCUT2D eigenvalue weighted by molar-refractivity contribution is 7.14. The fourth-order valence-corrected chi connectivity index (χ4v) is 1.72. The summed E-state index contributed by atoms with van der Waals surface area (Å²) in [7, 11) is 0. The molecule has 0 amide bonds. The standard InChI is InChI=1S/C9H9N3S/c1-6-2-3-11-4-7(6)8-9(10)13-5-12-8/h2-5H,10H2,1H3. The lowest BCUT2D eigenvalue weighted by Crippen LogP contribution is -1.89. The predicted octanol–water partition coefficient (Wildman–Crippen LogP) is 2.10. The van der Waals surface area contributed by atoms with E-state index in [1.807, 2.05) is 13.0 Å². The lowest BCUT2D eigenvalue weighted by Gasteiger charge is -2.01. The van der Waals surface area contributed by atoms with Crippen LogP contribution in [0.2, 0.25) is 0 Å². The maximum absolute atomic E-state index is 5.77. The summed E-state index contributed by atoms with van der Waals surface area (Å²) in [5.74, 6) is 0. The zero-order valence-electron chi connectivity index (χ0n) is 7.19. The van der Waals surface area contributed by atoms with Gasteiger partial charge in [0.1, 0.15) is 10.7 Å². The molecule has 0 radical (unpaired) electrons. The zero-order valence-corrected chi connectivity index (χ0v) is 8.01. The summed E-state index contributed by atoms with van der Waals surface area (Å²) in [4.78, 5) is 8.25. The summed E-state index contributed by atoms with van der Waals surface area (Å²) in [6.07, 6.45) is 3.56. The second kappa shape index (κ2) is 3.14. The predicted molar refractivity (Wildman–Crippen MR) is 54.5 cm³/mol. The van der Waals surface area contributed by atoms with Gasteiger partial charge in [0.05, 0.1) is 5.51 Å². The minimum atomic E-state index is 0.746. The maximum atomic E-state index is 5.77. The molecule has 4 heteroatoms. The summed E-state index contributed by atoms with van der Waals surface area (Å²) >= 11 is 1.45. The van der Waals surface area contributed by atoms with Crippen molar-refractivity contribution in [3.63, 3.8) is 0 Å². The number of aryl methyl sites for hydroxylation is 1. The molecule has 0 aromatic carbocycles. The van der Waals surface area contributed by atoms with Gasteiger partial charge in [-0.15, -0.1) is 11.3 Å². The second-order valence-electron chi connectivity index (χ2n) is 2.76. The van der Waals surface area contributed by atoms with E-state index in [1.165, 1.54) is 11.3 Å². The van der Waals surface area contributed by atoms with Crippen molar-refractivity contribution in [2.24, 2.45) is 0 Å². The number of rotatable bonds is 1. The van der Waals surface area contributed by atoms with E-state index in [2.05, 4.69) is 9.97 Å². The molecule has 2 rings (SSSR count). The van der Waals surface area contributed by atoms with E-state index in [-0.39, 0.29) is 0 Å². The molecule has 0 aliphatic heterocycles. The second-order valence-corrected chi connectivity index (χ2v) is 3.64. The highest BCUT2D eigenvalue weighted by atomic mass is 32.1. The highest BCUT2D eigenvalue weighted by Crippen LogP contribution is 2.28. The van der Waals surface area contributed by atoms with Gasteiger partial charge in [-0.2, -0.15) is 0 Å². The van der Waals surface area contributed by atoms with Crippen LogP contribution in [0.3, 0.4) is 0 Å². The van der Waals surface area contributed by atoms with Gasteiger partial charge >= 0.3 is 0 Å². The number of thiazole rings is 1. The highest BCUT2D eigenvalue weighted by Gasteiger charge is 2.07. The molecular formula is C9H9N3S. The van der Waals surface area contributed by atoms with Crippen LogP contribution in [0, 0.1) is 6.92 Å². The number of hydrogen-bond acceptors (Lipinski definition) is 4. The van der Waals surface area contributed by atoms with Crippen LogP contribution in [-0.4, -0.2) is 9.97 Å². The van der Waals surface area contributed by atoms with Gasteiger partial charge in [-0.1, -0.05) is 0 Å². The molecule has 0 fully saturated rings. The molecule has 2 N–H and O–H groups in total.